The summed E-state index contributed by atoms with van der Waals surface area (Å²) >= 11 is 3.27. The minimum Gasteiger partial charge on any atom is -0.338 e. The number of hydrogen-bond donors (Lipinski definition) is 1. The molecule has 2 aromatic carbocycles. The fourth-order valence-electron chi connectivity index (χ4n) is 2.45. The van der Waals surface area contributed by atoms with Crippen LogP contribution in [0.3, 0.4) is 0 Å². The average molecular weight is 450 g/mol. The highest BCUT2D eigenvalue weighted by molar-refractivity contribution is 9.10. The van der Waals surface area contributed by atoms with Gasteiger partial charge in [-0.2, -0.15) is 5.26 Å². The van der Waals surface area contributed by atoms with Crippen LogP contribution in [-0.2, 0) is 10.0 Å². The van der Waals surface area contributed by atoms with Crippen LogP contribution in [-0.4, -0.2) is 32.3 Å². The Bertz CT molecular complexity index is 953. The van der Waals surface area contributed by atoms with E-state index >= 15 is 0 Å². The molecule has 0 saturated heterocycles. The van der Waals surface area contributed by atoms with E-state index < -0.39 is 10.0 Å². The summed E-state index contributed by atoms with van der Waals surface area (Å²) in [5.41, 5.74) is 0.658. The molecule has 0 aromatic heterocycles. The minimum absolute atomic E-state index is 0.125. The molecule has 0 radical (unpaired) electrons. The zero-order valence-electron chi connectivity index (χ0n) is 15.0. The molecule has 0 bridgehead atoms. The minimum atomic E-state index is -3.76. The van der Waals surface area contributed by atoms with Gasteiger partial charge in [0.2, 0.25) is 0 Å². The highest BCUT2D eigenvalue weighted by Gasteiger charge is 2.19. The van der Waals surface area contributed by atoms with E-state index in [0.29, 0.717) is 24.3 Å². The summed E-state index contributed by atoms with van der Waals surface area (Å²) in [6.07, 6.45) is 0. The smallest absolute Gasteiger partial charge is 0.261 e. The van der Waals surface area contributed by atoms with Crippen LogP contribution < -0.4 is 4.72 Å². The molecule has 1 atom stereocenters. The zero-order valence-corrected chi connectivity index (χ0v) is 17.4. The summed E-state index contributed by atoms with van der Waals surface area (Å²) in [5.74, 6) is -0.530. The van der Waals surface area contributed by atoms with Crippen molar-refractivity contribution < 1.29 is 13.2 Å². The Hall–Kier alpha value is -2.37. The quantitative estimate of drug-likeness (QED) is 0.694. The van der Waals surface area contributed by atoms with Crippen molar-refractivity contribution >= 4 is 37.5 Å². The molecular formula is C19H20BrN3O3S. The molecule has 1 amide bonds. The van der Waals surface area contributed by atoms with Crippen molar-refractivity contribution in [3.8, 4) is 6.07 Å². The molecule has 8 heteroatoms. The van der Waals surface area contributed by atoms with Gasteiger partial charge in [0.25, 0.3) is 15.9 Å². The number of nitriles is 1. The Morgan fingerprint density at radius 3 is 2.52 bits per heavy atom. The second kappa shape index (κ2) is 9.02. The van der Waals surface area contributed by atoms with Crippen LogP contribution in [0.5, 0.6) is 0 Å². The topological polar surface area (TPSA) is 90.3 Å². The molecular weight excluding hydrogens is 430 g/mol. The number of sulfonamides is 1. The SMILES string of the molecule is CCN(CC(C)C#N)C(=O)c1cccc(NS(=O)(=O)c2ccc(Br)cc2)c1. The molecule has 1 N–H and O–H groups in total. The Morgan fingerprint density at radius 2 is 1.93 bits per heavy atom. The van der Waals surface area contributed by atoms with E-state index in [0.717, 1.165) is 4.47 Å². The van der Waals surface area contributed by atoms with Crippen molar-refractivity contribution in [3.63, 3.8) is 0 Å². The first-order valence-corrected chi connectivity index (χ1v) is 10.6. The molecule has 0 aliphatic rings. The summed E-state index contributed by atoms with van der Waals surface area (Å²) in [4.78, 5) is 14.4. The van der Waals surface area contributed by atoms with E-state index in [4.69, 9.17) is 5.26 Å². The molecule has 0 spiro atoms. The summed E-state index contributed by atoms with van der Waals surface area (Å²) in [5, 5.41) is 8.96. The summed E-state index contributed by atoms with van der Waals surface area (Å²) in [6, 6.07) is 14.7. The third-order valence-electron chi connectivity index (χ3n) is 3.87. The van der Waals surface area contributed by atoms with Crippen molar-refractivity contribution in [2.75, 3.05) is 17.8 Å². The first-order valence-electron chi connectivity index (χ1n) is 8.34. The van der Waals surface area contributed by atoms with Gasteiger partial charge in [0.05, 0.1) is 16.9 Å². The molecule has 2 rings (SSSR count). The van der Waals surface area contributed by atoms with Crippen molar-refractivity contribution in [3.05, 3.63) is 58.6 Å². The zero-order chi connectivity index (χ0) is 20.0. The predicted molar refractivity (Wildman–Crippen MR) is 108 cm³/mol. The van der Waals surface area contributed by atoms with Crippen molar-refractivity contribution in [1.29, 1.82) is 5.26 Å². The molecule has 0 aliphatic carbocycles. The van der Waals surface area contributed by atoms with E-state index in [1.165, 1.54) is 18.2 Å². The number of carbonyl (C=O) groups excluding carboxylic acids is 1. The molecule has 142 valence electrons. The van der Waals surface area contributed by atoms with Gasteiger partial charge in [0, 0.05) is 28.8 Å². The number of anilines is 1. The van der Waals surface area contributed by atoms with E-state index in [1.54, 1.807) is 42.2 Å². The molecule has 0 aliphatic heterocycles. The van der Waals surface area contributed by atoms with Crippen molar-refractivity contribution in [2.24, 2.45) is 5.92 Å². The van der Waals surface area contributed by atoms with Crippen LogP contribution in [0.1, 0.15) is 24.2 Å². The number of rotatable bonds is 7. The lowest BCUT2D eigenvalue weighted by atomic mass is 10.1. The van der Waals surface area contributed by atoms with Gasteiger partial charge >= 0.3 is 0 Å². The van der Waals surface area contributed by atoms with Gasteiger partial charge < -0.3 is 4.90 Å². The third kappa shape index (κ3) is 5.55. The number of nitrogens with zero attached hydrogens (tertiary/aromatic N) is 2. The lowest BCUT2D eigenvalue weighted by Gasteiger charge is -2.22. The van der Waals surface area contributed by atoms with Gasteiger partial charge in [0.1, 0.15) is 0 Å². The van der Waals surface area contributed by atoms with Crippen molar-refractivity contribution in [1.82, 2.24) is 4.90 Å². The Labute approximate surface area is 168 Å². The van der Waals surface area contributed by atoms with Gasteiger partial charge in [-0.3, -0.25) is 9.52 Å². The summed E-state index contributed by atoms with van der Waals surface area (Å²) in [6.45, 7) is 4.36. The van der Waals surface area contributed by atoms with Gasteiger partial charge in [-0.15, -0.1) is 0 Å². The molecule has 2 aromatic rings. The van der Waals surface area contributed by atoms with E-state index in [-0.39, 0.29) is 16.7 Å². The predicted octanol–water partition coefficient (Wildman–Crippen LogP) is 3.87. The van der Waals surface area contributed by atoms with Crippen LogP contribution in [0.2, 0.25) is 0 Å². The highest BCUT2D eigenvalue weighted by Crippen LogP contribution is 2.20. The first-order chi connectivity index (χ1) is 12.8. The van der Waals surface area contributed by atoms with E-state index in [1.807, 2.05) is 6.92 Å². The number of halogens is 1. The number of amides is 1. The van der Waals surface area contributed by atoms with E-state index in [2.05, 4.69) is 26.7 Å². The maximum absolute atomic E-state index is 12.7. The largest absolute Gasteiger partial charge is 0.338 e. The molecule has 0 heterocycles. The highest BCUT2D eigenvalue weighted by atomic mass is 79.9. The molecule has 27 heavy (non-hydrogen) atoms. The number of nitrogens with one attached hydrogen (secondary N) is 1. The summed E-state index contributed by atoms with van der Waals surface area (Å²) in [7, 11) is -3.76. The third-order valence-corrected chi connectivity index (χ3v) is 5.80. The average Bonchev–Trinajstić information content (AvgIpc) is 2.65. The summed E-state index contributed by atoms with van der Waals surface area (Å²) < 4.78 is 28.3. The second-order valence-corrected chi connectivity index (χ2v) is 8.61. The molecule has 6 nitrogen and oxygen atoms in total. The standard InChI is InChI=1S/C19H20BrN3O3S/c1-3-23(13-14(2)12-21)19(24)15-5-4-6-17(11-15)22-27(25,26)18-9-7-16(20)8-10-18/h4-11,14,22H,3,13H2,1-2H3. The number of benzene rings is 2. The van der Waals surface area contributed by atoms with E-state index in [9.17, 15) is 13.2 Å². The maximum Gasteiger partial charge on any atom is 0.261 e. The van der Waals surface area contributed by atoms with Gasteiger partial charge in [-0.05, 0) is 56.3 Å². The fourth-order valence-corrected chi connectivity index (χ4v) is 3.77. The maximum atomic E-state index is 12.7. The van der Waals surface area contributed by atoms with Gasteiger partial charge in [-0.1, -0.05) is 22.0 Å². The molecule has 1 unspecified atom stereocenters. The monoisotopic (exact) mass is 449 g/mol. The van der Waals surface area contributed by atoms with Crippen molar-refractivity contribution in [2.45, 2.75) is 18.7 Å². The van der Waals surface area contributed by atoms with Crippen LogP contribution in [0.25, 0.3) is 0 Å². The lowest BCUT2D eigenvalue weighted by molar-refractivity contribution is 0.0752. The normalized spacial score (nSPS) is 12.1. The number of carbonyl (C=O) groups is 1. The number of hydrogen-bond acceptors (Lipinski definition) is 4. The van der Waals surface area contributed by atoms with Crippen LogP contribution >= 0.6 is 15.9 Å². The molecule has 0 saturated carbocycles. The second-order valence-electron chi connectivity index (χ2n) is 6.01. The Kier molecular flexibility index (Phi) is 6.99. The van der Waals surface area contributed by atoms with Crippen LogP contribution in [0.15, 0.2) is 57.9 Å². The Morgan fingerprint density at radius 1 is 1.26 bits per heavy atom. The molecule has 0 fully saturated rings. The first kappa shape index (κ1) is 20.9. The lowest BCUT2D eigenvalue weighted by Crippen LogP contribution is -2.34. The fraction of sp³-hybridized carbons (Fsp3) is 0.263. The van der Waals surface area contributed by atoms with Gasteiger partial charge in [0.15, 0.2) is 0 Å². The van der Waals surface area contributed by atoms with Gasteiger partial charge in [-0.25, -0.2) is 8.42 Å². The Balaban J connectivity index is 2.23. The van der Waals surface area contributed by atoms with Crippen LogP contribution in [0, 0.1) is 17.2 Å². The van der Waals surface area contributed by atoms with Crippen LogP contribution in [0.4, 0.5) is 5.69 Å².